The number of rotatable bonds is 4. The summed E-state index contributed by atoms with van der Waals surface area (Å²) in [5.74, 6) is 0.583. The van der Waals surface area contributed by atoms with E-state index in [0.717, 1.165) is 6.42 Å². The Labute approximate surface area is 102 Å². The molecule has 10 heterocycles. The molecule has 0 aromatic heterocycles. The van der Waals surface area contributed by atoms with Gasteiger partial charge in [0.05, 0.1) is 0 Å². The Morgan fingerprint density at radius 3 is 1.84 bits per heavy atom. The van der Waals surface area contributed by atoms with Crippen molar-refractivity contribution in [2.75, 3.05) is 6.61 Å². The topological polar surface area (TPSA) is 26.3 Å². The average molecular weight is 300 g/mol. The van der Waals surface area contributed by atoms with Crippen molar-refractivity contribution in [1.82, 2.24) is 0 Å². The monoisotopic (exact) mass is 300 g/mol. The van der Waals surface area contributed by atoms with Gasteiger partial charge >= 0.3 is 102 Å². The van der Waals surface area contributed by atoms with E-state index in [9.17, 15) is 4.79 Å². The van der Waals surface area contributed by atoms with Crippen LogP contribution in [0.15, 0.2) is 0 Å². The second-order valence-corrected chi connectivity index (χ2v) is 35.1. The number of carbonyl (C=O) groups is 1. The van der Waals surface area contributed by atoms with Crippen molar-refractivity contribution in [3.8, 4) is 0 Å². The molecule has 2 nitrogen and oxygen atoms in total. The van der Waals surface area contributed by atoms with Crippen molar-refractivity contribution in [2.45, 2.75) is 67.9 Å². The number of fused-ring (bicyclic) bond motifs is 10. The van der Waals surface area contributed by atoms with Crippen LogP contribution in [0.3, 0.4) is 0 Å². The minimum atomic E-state index is -3.07. The molecule has 0 aromatic rings. The Balaban J connectivity index is 1.41. The van der Waals surface area contributed by atoms with Gasteiger partial charge in [-0.1, -0.05) is 0 Å². The molecule has 3 heteroatoms. The van der Waals surface area contributed by atoms with Gasteiger partial charge in [-0.25, -0.2) is 0 Å². The van der Waals surface area contributed by atoms with Crippen molar-refractivity contribution in [3.05, 3.63) is 0 Å². The van der Waals surface area contributed by atoms with E-state index < -0.39 is 6.51 Å². The summed E-state index contributed by atoms with van der Waals surface area (Å²) in [7, 11) is 0. The number of hydrogen-bond donors (Lipinski definition) is 0. The summed E-state index contributed by atoms with van der Waals surface area (Å²) in [4.78, 5) is 24.4. The van der Waals surface area contributed by atoms with E-state index >= 15 is 0 Å². The van der Waals surface area contributed by atoms with Crippen LogP contribution in [0.4, 0.5) is 0 Å². The molecule has 19 heavy (non-hydrogen) atoms. The molecule has 10 aliphatic heterocycles. The summed E-state index contributed by atoms with van der Waals surface area (Å²) in [5.41, 5.74) is 0. The van der Waals surface area contributed by atoms with E-state index in [2.05, 4.69) is 6.92 Å². The van der Waals surface area contributed by atoms with Crippen LogP contribution < -0.4 is 0 Å². The quantitative estimate of drug-likeness (QED) is 0.570. The van der Waals surface area contributed by atoms with Gasteiger partial charge in [0.15, 0.2) is 0 Å². The average Bonchev–Trinajstić information content (AvgIpc) is 3.34. The van der Waals surface area contributed by atoms with Crippen molar-refractivity contribution >= 4 is 5.97 Å². The van der Waals surface area contributed by atoms with Crippen LogP contribution in [0.5, 0.6) is 0 Å². The molecule has 0 amide bonds. The van der Waals surface area contributed by atoms with Gasteiger partial charge in [0.2, 0.25) is 0 Å². The van der Waals surface area contributed by atoms with Crippen LogP contribution in [-0.2, 0) is 16.0 Å². The van der Waals surface area contributed by atoms with E-state index in [4.69, 9.17) is 4.74 Å². The zero-order valence-electron chi connectivity index (χ0n) is 11.4. The Hall–Kier alpha value is -0.0105. The standard InChI is InChI=1S/C11H15O2.C5H5.Fe/c1-3-10(11(12)13-4-2)9-7-5-6-8-9;1-2-4-5-3-1;/h5-8,10H,3-4H2,1-2H3;1-5H;. The fourth-order valence-electron chi connectivity index (χ4n) is 18.2. The van der Waals surface area contributed by atoms with Gasteiger partial charge in [-0.2, -0.15) is 0 Å². The second-order valence-electron chi connectivity index (χ2n) is 11.5. The van der Waals surface area contributed by atoms with Crippen LogP contribution >= 0.6 is 0 Å². The zero-order chi connectivity index (χ0) is 12.3. The summed E-state index contributed by atoms with van der Waals surface area (Å²) >= 11 is 0. The minimum absolute atomic E-state index is 0.220. The van der Waals surface area contributed by atoms with Gasteiger partial charge in [0.1, 0.15) is 0 Å². The molecule has 10 rings (SSSR count). The molecule has 0 aliphatic carbocycles. The Morgan fingerprint density at radius 1 is 1.05 bits per heavy atom. The molecule has 5 unspecified atom stereocenters. The first kappa shape index (κ1) is 7.84. The van der Waals surface area contributed by atoms with Crippen LogP contribution in [-0.4, -0.2) is 12.6 Å². The second kappa shape index (κ2) is 0.686. The molecule has 104 valence electrons. The molecule has 10 fully saturated rings. The predicted molar refractivity (Wildman–Crippen MR) is 66.9 cm³/mol. The van der Waals surface area contributed by atoms with Crippen molar-refractivity contribution < 1.29 is 16.0 Å². The molecule has 0 saturated carbocycles. The number of esters is 1. The van der Waals surface area contributed by atoms with Crippen LogP contribution in [0.25, 0.3) is 0 Å². The molecule has 0 bridgehead atoms. The summed E-state index contributed by atoms with van der Waals surface area (Å²) in [5, 5.41) is 0. The molecule has 5 atom stereocenters. The molecule has 0 N–H and O–H groups in total. The Morgan fingerprint density at radius 2 is 1.58 bits per heavy atom. The van der Waals surface area contributed by atoms with Crippen LogP contribution in [0.2, 0.25) is 47.7 Å². The normalized spacial score (nSPS) is 109. The van der Waals surface area contributed by atoms with E-state index in [1.807, 2.05) is 6.92 Å². The zero-order valence-corrected chi connectivity index (χ0v) is 12.5. The molecule has 10 saturated heterocycles. The maximum atomic E-state index is 12.6. The van der Waals surface area contributed by atoms with E-state index in [0.29, 0.717) is 16.8 Å². The van der Waals surface area contributed by atoms with Gasteiger partial charge in [-0.05, 0) is 0 Å². The van der Waals surface area contributed by atoms with Gasteiger partial charge in [-0.3, -0.25) is 0 Å². The number of ether oxygens (including phenoxy) is 1. The molecule has 0 aromatic carbocycles. The third kappa shape index (κ3) is 0.0885. The molecule has 0 radical (unpaired) electrons. The third-order valence-corrected chi connectivity index (χ3v) is 59.0. The van der Waals surface area contributed by atoms with Gasteiger partial charge in [-0.15, -0.1) is 0 Å². The summed E-state index contributed by atoms with van der Waals surface area (Å²) in [6, 6.07) is 0. The molecule has 10 aliphatic rings. The SMILES string of the molecule is CCOC(=O)C(CC)[C]12[CH]3[CH]4[CH]5[CH]1[Fe]45321678[CH]2[CH]1[CH]6[CH]7[CH]28. The summed E-state index contributed by atoms with van der Waals surface area (Å²) in [6.07, 6.45) is 1.09. The fraction of sp³-hybridized carbons (Fsp3) is 0.938. The van der Waals surface area contributed by atoms with Gasteiger partial charge < -0.3 is 0 Å². The number of carbonyl (C=O) groups excluding carboxylic acids is 1. The van der Waals surface area contributed by atoms with Crippen LogP contribution in [0.1, 0.15) is 20.3 Å². The third-order valence-electron chi connectivity index (χ3n) is 16.3. The van der Waals surface area contributed by atoms with Gasteiger partial charge in [0, 0.05) is 0 Å². The first-order valence-electron chi connectivity index (χ1n) is 8.35. The van der Waals surface area contributed by atoms with E-state index in [-0.39, 0.29) is 5.97 Å². The van der Waals surface area contributed by atoms with Gasteiger partial charge in [0.25, 0.3) is 0 Å². The van der Waals surface area contributed by atoms with Crippen LogP contribution in [0, 0.1) is 5.92 Å². The predicted octanol–water partition coefficient (Wildman–Crippen LogP) is 4.34. The summed E-state index contributed by atoms with van der Waals surface area (Å²) in [6.45, 7) is 1.76. The first-order valence-corrected chi connectivity index (χ1v) is 14.6. The van der Waals surface area contributed by atoms with E-state index in [1.165, 1.54) is 43.3 Å². The molecular weight excluding hydrogens is 280 g/mol. The Kier molecular flexibility index (Phi) is 0.283. The number of hydrogen-bond acceptors (Lipinski definition) is 2. The summed E-state index contributed by atoms with van der Waals surface area (Å²) < 4.78 is 6.23. The van der Waals surface area contributed by atoms with E-state index in [1.54, 1.807) is 0 Å². The molecular formula is C16H20FeO2. The first-order chi connectivity index (χ1) is 8.98. The fourth-order valence-corrected chi connectivity index (χ4v) is 93.6. The van der Waals surface area contributed by atoms with Crippen molar-refractivity contribution in [2.24, 2.45) is 5.92 Å². The Bertz CT molecular complexity index is 943. The molecule has 1 spiro atoms. The maximum absolute atomic E-state index is 12.6. The van der Waals surface area contributed by atoms with Crippen molar-refractivity contribution in [1.29, 1.82) is 0 Å². The van der Waals surface area contributed by atoms with Crippen molar-refractivity contribution in [3.63, 3.8) is 0 Å².